The van der Waals surface area contributed by atoms with Crippen LogP contribution in [0.25, 0.3) is 5.57 Å². The summed E-state index contributed by atoms with van der Waals surface area (Å²) in [5.41, 5.74) is 2.48. The van der Waals surface area contributed by atoms with Gasteiger partial charge in [0.25, 0.3) is 0 Å². The molecule has 0 aliphatic carbocycles. The number of benzene rings is 1. The van der Waals surface area contributed by atoms with Crippen molar-refractivity contribution in [1.82, 2.24) is 0 Å². The lowest BCUT2D eigenvalue weighted by atomic mass is 10.0. The van der Waals surface area contributed by atoms with Crippen LogP contribution >= 0.6 is 0 Å². The van der Waals surface area contributed by atoms with Gasteiger partial charge >= 0.3 is 5.97 Å². The van der Waals surface area contributed by atoms with Gasteiger partial charge in [-0.3, -0.25) is 0 Å². The van der Waals surface area contributed by atoms with Crippen molar-refractivity contribution >= 4 is 11.5 Å². The highest BCUT2D eigenvalue weighted by Gasteiger charge is 2.23. The summed E-state index contributed by atoms with van der Waals surface area (Å²) in [6.45, 7) is 2.30. The summed E-state index contributed by atoms with van der Waals surface area (Å²) >= 11 is 0. The maximum absolute atomic E-state index is 11.5. The third kappa shape index (κ3) is 1.73. The zero-order chi connectivity index (χ0) is 10.8. The topological polar surface area (TPSA) is 35.5 Å². The molecule has 0 radical (unpaired) electrons. The Hall–Kier alpha value is -1.77. The van der Waals surface area contributed by atoms with E-state index in [2.05, 4.69) is 0 Å². The molecule has 1 heterocycles. The van der Waals surface area contributed by atoms with E-state index in [0.29, 0.717) is 12.2 Å². The molecule has 0 saturated heterocycles. The van der Waals surface area contributed by atoms with Gasteiger partial charge in [0.05, 0.1) is 12.7 Å². The summed E-state index contributed by atoms with van der Waals surface area (Å²) in [5.74, 6) is 0.494. The molecule has 0 bridgehead atoms. The van der Waals surface area contributed by atoms with E-state index in [4.69, 9.17) is 9.47 Å². The second-order valence-corrected chi connectivity index (χ2v) is 3.46. The Balaban J connectivity index is 2.45. The predicted octanol–water partition coefficient (Wildman–Crippen LogP) is 2.03. The summed E-state index contributed by atoms with van der Waals surface area (Å²) in [7, 11) is 1.60. The van der Waals surface area contributed by atoms with Crippen LogP contribution in [0.4, 0.5) is 0 Å². The summed E-state index contributed by atoms with van der Waals surface area (Å²) < 4.78 is 10.1. The molecular weight excluding hydrogens is 192 g/mol. The highest BCUT2D eigenvalue weighted by Crippen LogP contribution is 2.27. The number of esters is 1. The fourth-order valence-electron chi connectivity index (χ4n) is 1.64. The quantitative estimate of drug-likeness (QED) is 0.691. The second kappa shape index (κ2) is 3.77. The van der Waals surface area contributed by atoms with Crippen LogP contribution in [-0.2, 0) is 9.53 Å². The lowest BCUT2D eigenvalue weighted by molar-refractivity contribution is -0.134. The monoisotopic (exact) mass is 204 g/mol. The number of carbonyl (C=O) groups is 1. The van der Waals surface area contributed by atoms with Crippen LogP contribution in [0.5, 0.6) is 5.75 Å². The minimum Gasteiger partial charge on any atom is -0.497 e. The van der Waals surface area contributed by atoms with Crippen LogP contribution in [0.15, 0.2) is 29.8 Å². The molecule has 1 aromatic rings. The van der Waals surface area contributed by atoms with E-state index in [9.17, 15) is 4.79 Å². The Morgan fingerprint density at radius 1 is 1.40 bits per heavy atom. The van der Waals surface area contributed by atoms with Crippen LogP contribution < -0.4 is 4.74 Å². The van der Waals surface area contributed by atoms with Gasteiger partial charge in [-0.1, -0.05) is 12.1 Å². The minimum atomic E-state index is -0.249. The summed E-state index contributed by atoms with van der Waals surface area (Å²) in [6.07, 6.45) is 0. The van der Waals surface area contributed by atoms with Crippen molar-refractivity contribution in [3.8, 4) is 5.75 Å². The van der Waals surface area contributed by atoms with Gasteiger partial charge in [0.1, 0.15) is 12.4 Å². The fourth-order valence-corrected chi connectivity index (χ4v) is 1.64. The maximum Gasteiger partial charge on any atom is 0.339 e. The molecule has 0 spiro atoms. The van der Waals surface area contributed by atoms with Crippen molar-refractivity contribution in [3.63, 3.8) is 0 Å². The Kier molecular flexibility index (Phi) is 2.46. The van der Waals surface area contributed by atoms with E-state index >= 15 is 0 Å². The van der Waals surface area contributed by atoms with Crippen LogP contribution in [0, 0.1) is 0 Å². The Labute approximate surface area is 88.3 Å². The number of cyclic esters (lactones) is 1. The molecule has 2 rings (SSSR count). The molecule has 0 saturated carbocycles. The zero-order valence-electron chi connectivity index (χ0n) is 8.74. The number of rotatable bonds is 2. The van der Waals surface area contributed by atoms with Gasteiger partial charge in [-0.2, -0.15) is 0 Å². The van der Waals surface area contributed by atoms with Crippen LogP contribution in [0.2, 0.25) is 0 Å². The van der Waals surface area contributed by atoms with Gasteiger partial charge in [0.2, 0.25) is 0 Å². The predicted molar refractivity (Wildman–Crippen MR) is 56.5 cm³/mol. The van der Waals surface area contributed by atoms with Gasteiger partial charge in [-0.25, -0.2) is 4.79 Å². The number of methoxy groups -OCH3 is 1. The Morgan fingerprint density at radius 3 is 2.80 bits per heavy atom. The Morgan fingerprint density at radius 2 is 2.20 bits per heavy atom. The average molecular weight is 204 g/mol. The molecule has 0 aromatic heterocycles. The molecule has 3 heteroatoms. The smallest absolute Gasteiger partial charge is 0.339 e. The molecule has 0 N–H and O–H groups in total. The molecule has 1 aliphatic heterocycles. The van der Waals surface area contributed by atoms with E-state index in [-0.39, 0.29) is 5.97 Å². The largest absolute Gasteiger partial charge is 0.497 e. The van der Waals surface area contributed by atoms with Crippen molar-refractivity contribution in [1.29, 1.82) is 0 Å². The SMILES string of the molecule is COc1cccc(C2=C(C)COC2=O)c1. The van der Waals surface area contributed by atoms with Crippen molar-refractivity contribution in [2.75, 3.05) is 13.7 Å². The molecular formula is C12H12O3. The number of ether oxygens (including phenoxy) is 2. The van der Waals surface area contributed by atoms with Gasteiger partial charge in [0, 0.05) is 0 Å². The first-order valence-electron chi connectivity index (χ1n) is 4.73. The molecule has 0 amide bonds. The van der Waals surface area contributed by atoms with E-state index in [1.54, 1.807) is 7.11 Å². The third-order valence-corrected chi connectivity index (χ3v) is 2.41. The van der Waals surface area contributed by atoms with Crippen molar-refractivity contribution in [2.24, 2.45) is 0 Å². The number of hydrogen-bond acceptors (Lipinski definition) is 3. The second-order valence-electron chi connectivity index (χ2n) is 3.46. The first-order valence-corrected chi connectivity index (χ1v) is 4.73. The molecule has 0 unspecified atom stereocenters. The average Bonchev–Trinajstić information content (AvgIpc) is 2.59. The van der Waals surface area contributed by atoms with E-state index in [1.165, 1.54) is 0 Å². The molecule has 78 valence electrons. The summed E-state index contributed by atoms with van der Waals surface area (Å²) in [5, 5.41) is 0. The molecule has 1 aromatic carbocycles. The summed E-state index contributed by atoms with van der Waals surface area (Å²) in [4.78, 5) is 11.5. The van der Waals surface area contributed by atoms with Crippen molar-refractivity contribution in [2.45, 2.75) is 6.92 Å². The first kappa shape index (κ1) is 9.77. The molecule has 3 nitrogen and oxygen atoms in total. The third-order valence-electron chi connectivity index (χ3n) is 2.41. The van der Waals surface area contributed by atoms with Crippen LogP contribution in [0.3, 0.4) is 0 Å². The lowest BCUT2D eigenvalue weighted by Gasteiger charge is -2.04. The minimum absolute atomic E-state index is 0.249. The number of carbonyl (C=O) groups excluding carboxylic acids is 1. The van der Waals surface area contributed by atoms with Crippen LogP contribution in [-0.4, -0.2) is 19.7 Å². The zero-order valence-corrected chi connectivity index (χ0v) is 8.74. The number of hydrogen-bond donors (Lipinski definition) is 0. The van der Waals surface area contributed by atoms with Gasteiger partial charge in [-0.05, 0) is 30.2 Å². The van der Waals surface area contributed by atoms with Gasteiger partial charge in [-0.15, -0.1) is 0 Å². The van der Waals surface area contributed by atoms with Crippen molar-refractivity contribution < 1.29 is 14.3 Å². The Bertz CT molecular complexity index is 432. The molecule has 15 heavy (non-hydrogen) atoms. The maximum atomic E-state index is 11.5. The highest BCUT2D eigenvalue weighted by molar-refractivity contribution is 6.19. The van der Waals surface area contributed by atoms with Crippen LogP contribution in [0.1, 0.15) is 12.5 Å². The van der Waals surface area contributed by atoms with Gasteiger partial charge < -0.3 is 9.47 Å². The van der Waals surface area contributed by atoms with E-state index < -0.39 is 0 Å². The van der Waals surface area contributed by atoms with E-state index in [1.807, 2.05) is 31.2 Å². The molecule has 0 atom stereocenters. The first-order chi connectivity index (χ1) is 7.22. The summed E-state index contributed by atoms with van der Waals surface area (Å²) in [6, 6.07) is 7.43. The lowest BCUT2D eigenvalue weighted by Crippen LogP contribution is -1.98. The normalized spacial score (nSPS) is 15.5. The van der Waals surface area contributed by atoms with E-state index in [0.717, 1.165) is 16.9 Å². The fraction of sp³-hybridized carbons (Fsp3) is 0.250. The highest BCUT2D eigenvalue weighted by atomic mass is 16.5. The standard InChI is InChI=1S/C12H12O3/c1-8-7-15-12(13)11(8)9-4-3-5-10(6-9)14-2/h3-6H,7H2,1-2H3. The molecule has 0 fully saturated rings. The van der Waals surface area contributed by atoms with Gasteiger partial charge in [0.15, 0.2) is 0 Å². The molecule has 1 aliphatic rings. The van der Waals surface area contributed by atoms with Crippen molar-refractivity contribution in [3.05, 3.63) is 35.4 Å².